The van der Waals surface area contributed by atoms with Crippen LogP contribution in [0.3, 0.4) is 0 Å². The van der Waals surface area contributed by atoms with Gasteiger partial charge < -0.3 is 19.9 Å². The number of nitrogens with one attached hydrogen (secondary N) is 1. The molecule has 3 aliphatic heterocycles. The molecule has 8 nitrogen and oxygen atoms in total. The lowest BCUT2D eigenvalue weighted by Gasteiger charge is -2.59. The summed E-state index contributed by atoms with van der Waals surface area (Å²) in [6, 6.07) is 5.94. The Morgan fingerprint density at radius 3 is 2.39 bits per heavy atom. The molecule has 0 bridgehead atoms. The molecule has 1 aromatic carbocycles. The van der Waals surface area contributed by atoms with E-state index in [9.17, 15) is 23.6 Å². The summed E-state index contributed by atoms with van der Waals surface area (Å²) in [7, 11) is 2.06. The SMILES string of the molecule is CN1CCCC1CCNC(=O)C1=CN2C3CC4C(=O)c5ccccc5C(=O)C4CC3OC3C(F)C(F)CC(C1=O)C32. The lowest BCUT2D eigenvalue weighted by molar-refractivity contribution is -0.214. The lowest BCUT2D eigenvalue weighted by Crippen LogP contribution is -2.71. The Morgan fingerprint density at radius 2 is 1.71 bits per heavy atom. The Morgan fingerprint density at radius 1 is 1.00 bits per heavy atom. The van der Waals surface area contributed by atoms with Gasteiger partial charge in [-0.2, -0.15) is 0 Å². The van der Waals surface area contributed by atoms with Crippen molar-refractivity contribution in [1.82, 2.24) is 15.1 Å². The molecule has 7 rings (SSSR count). The van der Waals surface area contributed by atoms with Crippen LogP contribution < -0.4 is 5.32 Å². The predicted octanol–water partition coefficient (Wildman–Crippen LogP) is 2.66. The number of hydrogen-bond acceptors (Lipinski definition) is 7. The number of nitrogens with zero attached hydrogens (tertiary/aromatic N) is 2. The fourth-order valence-corrected chi connectivity index (χ4v) is 8.41. The Balaban J connectivity index is 1.19. The number of Topliss-reactive ketones (excluding diaryl/α,β-unsaturated/α-hetero) is 3. The van der Waals surface area contributed by atoms with Crippen molar-refractivity contribution in [1.29, 1.82) is 0 Å². The predicted molar refractivity (Wildman–Crippen MR) is 144 cm³/mol. The van der Waals surface area contributed by atoms with E-state index in [1.54, 1.807) is 24.3 Å². The molecule has 41 heavy (non-hydrogen) atoms. The van der Waals surface area contributed by atoms with Crippen molar-refractivity contribution in [3.8, 4) is 0 Å². The zero-order valence-corrected chi connectivity index (χ0v) is 23.0. The standard InChI is InChI=1S/C31H35F2N3O5/c1-35-10-4-5-15(35)8-9-34-31(40)21-14-36-23-12-18-19(28(38)17-7-3-2-6-16(17)27(18)37)13-24(23)41-30-25(33)22(32)11-20(26(30)36)29(21)39/h2-3,6-7,14-15,18-20,22-26,30H,4-5,8-13H2,1H3,(H,34,40). The fourth-order valence-electron chi connectivity index (χ4n) is 8.41. The van der Waals surface area contributed by atoms with Crippen LogP contribution in [0.5, 0.6) is 0 Å². The van der Waals surface area contributed by atoms with Gasteiger partial charge in [0.25, 0.3) is 5.91 Å². The molecule has 0 spiro atoms. The lowest BCUT2D eigenvalue weighted by atomic mass is 9.63. The van der Waals surface area contributed by atoms with Crippen LogP contribution in [-0.2, 0) is 14.3 Å². The molecule has 1 amide bonds. The first-order chi connectivity index (χ1) is 19.7. The summed E-state index contributed by atoms with van der Waals surface area (Å²) in [6.45, 7) is 1.43. The van der Waals surface area contributed by atoms with E-state index in [2.05, 4.69) is 17.3 Å². The Bertz CT molecular complexity index is 1330. The fraction of sp³-hybridized carbons (Fsp3) is 0.613. The number of likely N-dealkylation sites (tertiary alicyclic amines) is 1. The number of halogens is 2. The summed E-state index contributed by atoms with van der Waals surface area (Å²) >= 11 is 0. The average Bonchev–Trinajstić information content (AvgIpc) is 3.38. The van der Waals surface area contributed by atoms with E-state index in [-0.39, 0.29) is 36.4 Å². The minimum Gasteiger partial charge on any atom is -0.367 e. The van der Waals surface area contributed by atoms with E-state index >= 15 is 4.39 Å². The van der Waals surface area contributed by atoms with Crippen molar-refractivity contribution >= 4 is 23.3 Å². The molecule has 0 radical (unpaired) electrons. The van der Waals surface area contributed by atoms with E-state index in [0.29, 0.717) is 23.7 Å². The van der Waals surface area contributed by atoms with Crippen molar-refractivity contribution in [2.45, 2.75) is 81.2 Å². The van der Waals surface area contributed by atoms with E-state index in [1.165, 1.54) is 6.20 Å². The number of carbonyl (C=O) groups excluding carboxylic acids is 4. The first-order valence-electron chi connectivity index (χ1n) is 14.9. The van der Waals surface area contributed by atoms with Crippen LogP contribution in [-0.4, -0.2) is 95.9 Å². The van der Waals surface area contributed by atoms with Crippen LogP contribution in [0.1, 0.15) is 59.2 Å². The van der Waals surface area contributed by atoms with Gasteiger partial charge in [0.05, 0.1) is 23.8 Å². The normalized spacial score (nSPS) is 39.8. The topological polar surface area (TPSA) is 96.0 Å². The molecule has 6 aliphatic rings. The van der Waals surface area contributed by atoms with Gasteiger partial charge in [-0.15, -0.1) is 0 Å². The second-order valence-corrected chi connectivity index (χ2v) is 12.6. The van der Waals surface area contributed by atoms with E-state index in [1.807, 2.05) is 4.90 Å². The summed E-state index contributed by atoms with van der Waals surface area (Å²) in [5.74, 6) is -3.37. The molecule has 4 fully saturated rings. The third kappa shape index (κ3) is 4.20. The van der Waals surface area contributed by atoms with Crippen LogP contribution in [0.2, 0.25) is 0 Å². The highest BCUT2D eigenvalue weighted by atomic mass is 19.2. The monoisotopic (exact) mass is 567 g/mol. The molecule has 1 aromatic rings. The molecular weight excluding hydrogens is 532 g/mol. The van der Waals surface area contributed by atoms with Gasteiger partial charge in [-0.1, -0.05) is 24.3 Å². The van der Waals surface area contributed by atoms with E-state index in [0.717, 1.165) is 25.8 Å². The molecule has 218 valence electrons. The maximum Gasteiger partial charge on any atom is 0.256 e. The van der Waals surface area contributed by atoms with Gasteiger partial charge in [0.1, 0.15) is 12.3 Å². The highest BCUT2D eigenvalue weighted by Crippen LogP contribution is 2.50. The van der Waals surface area contributed by atoms with Gasteiger partial charge in [-0.3, -0.25) is 19.2 Å². The summed E-state index contributed by atoms with van der Waals surface area (Å²) in [6.07, 6.45) is -1.09. The molecule has 3 aliphatic carbocycles. The number of carbonyl (C=O) groups is 4. The summed E-state index contributed by atoms with van der Waals surface area (Å²) in [4.78, 5) is 57.9. The van der Waals surface area contributed by atoms with Crippen LogP contribution in [0.25, 0.3) is 0 Å². The van der Waals surface area contributed by atoms with Gasteiger partial charge in [0.2, 0.25) is 0 Å². The number of ether oxygens (including phenoxy) is 1. The first-order valence-corrected chi connectivity index (χ1v) is 14.9. The van der Waals surface area contributed by atoms with Crippen molar-refractivity contribution in [2.75, 3.05) is 20.1 Å². The van der Waals surface area contributed by atoms with Crippen LogP contribution in [0.15, 0.2) is 36.0 Å². The number of fused-ring (bicyclic) bond motifs is 4. The van der Waals surface area contributed by atoms with Gasteiger partial charge >= 0.3 is 0 Å². The Kier molecular flexibility index (Phi) is 6.61. The third-order valence-electron chi connectivity index (χ3n) is 10.5. The highest BCUT2D eigenvalue weighted by molar-refractivity contribution is 6.20. The van der Waals surface area contributed by atoms with E-state index in [4.69, 9.17) is 4.74 Å². The third-order valence-corrected chi connectivity index (χ3v) is 10.5. The van der Waals surface area contributed by atoms with Gasteiger partial charge in [-0.25, -0.2) is 8.78 Å². The Labute approximate surface area is 237 Å². The number of ketones is 3. The smallest absolute Gasteiger partial charge is 0.256 e. The molecule has 10 unspecified atom stereocenters. The van der Waals surface area contributed by atoms with Crippen LogP contribution in [0.4, 0.5) is 8.78 Å². The molecule has 1 N–H and O–H groups in total. The average molecular weight is 568 g/mol. The number of benzene rings is 1. The number of amides is 1. The Hall–Kier alpha value is -2.98. The van der Waals surface area contributed by atoms with Gasteiger partial charge in [-0.05, 0) is 52.1 Å². The molecule has 2 saturated carbocycles. The summed E-state index contributed by atoms with van der Waals surface area (Å²) < 4.78 is 36.5. The number of morpholine rings is 1. The van der Waals surface area contributed by atoms with Crippen LogP contribution in [0, 0.1) is 17.8 Å². The zero-order chi connectivity index (χ0) is 28.6. The first kappa shape index (κ1) is 26.9. The maximum atomic E-state index is 15.3. The van der Waals surface area contributed by atoms with E-state index < -0.39 is 66.1 Å². The molecule has 10 heteroatoms. The minimum atomic E-state index is -1.93. The molecule has 0 aromatic heterocycles. The van der Waals surface area contributed by atoms with Crippen molar-refractivity contribution in [3.05, 3.63) is 47.2 Å². The largest absolute Gasteiger partial charge is 0.367 e. The second-order valence-electron chi connectivity index (χ2n) is 12.6. The summed E-state index contributed by atoms with van der Waals surface area (Å²) in [5.41, 5.74) is 0.735. The van der Waals surface area contributed by atoms with Gasteiger partial charge in [0, 0.05) is 47.7 Å². The maximum absolute atomic E-state index is 15.3. The quantitative estimate of drug-likeness (QED) is 0.559. The second kappa shape index (κ2) is 10.1. The molecule has 3 heterocycles. The molecular formula is C31H35F2N3O5. The number of rotatable bonds is 4. The zero-order valence-electron chi connectivity index (χ0n) is 23.0. The molecule has 2 saturated heterocycles. The summed E-state index contributed by atoms with van der Waals surface area (Å²) in [5, 5.41) is 2.88. The van der Waals surface area contributed by atoms with Crippen molar-refractivity contribution in [2.24, 2.45) is 17.8 Å². The highest BCUT2D eigenvalue weighted by Gasteiger charge is 2.61. The van der Waals surface area contributed by atoms with Gasteiger partial charge in [0.15, 0.2) is 23.5 Å². The molecule has 10 atom stereocenters. The van der Waals surface area contributed by atoms with Crippen LogP contribution >= 0.6 is 0 Å². The minimum absolute atomic E-state index is 0.0616. The van der Waals surface area contributed by atoms with Crippen molar-refractivity contribution < 1.29 is 32.7 Å². The number of alkyl halides is 2. The van der Waals surface area contributed by atoms with Crippen molar-refractivity contribution in [3.63, 3.8) is 0 Å². The number of hydrogen-bond donors (Lipinski definition) is 1.